The Labute approximate surface area is 97.7 Å². The van der Waals surface area contributed by atoms with E-state index in [0.29, 0.717) is 26.2 Å². The molecule has 0 saturated carbocycles. The van der Waals surface area contributed by atoms with E-state index in [4.69, 9.17) is 15.2 Å². The van der Waals surface area contributed by atoms with Crippen molar-refractivity contribution in [1.82, 2.24) is 5.32 Å². The van der Waals surface area contributed by atoms with Crippen molar-refractivity contribution in [2.24, 2.45) is 5.73 Å². The van der Waals surface area contributed by atoms with E-state index in [1.807, 2.05) is 13.8 Å². The maximum atomic E-state index is 10.5. The summed E-state index contributed by atoms with van der Waals surface area (Å²) in [4.78, 5) is 10.5. The first-order valence-corrected chi connectivity index (χ1v) is 5.92. The van der Waals surface area contributed by atoms with Gasteiger partial charge in [0.05, 0.1) is 0 Å². The largest absolute Gasteiger partial charge is 0.370 e. The van der Waals surface area contributed by atoms with Gasteiger partial charge in [-0.1, -0.05) is 0 Å². The van der Waals surface area contributed by atoms with E-state index in [-0.39, 0.29) is 12.2 Å². The summed E-state index contributed by atoms with van der Waals surface area (Å²) in [6, 6.07) is 0. The summed E-state index contributed by atoms with van der Waals surface area (Å²) < 4.78 is 10.7. The molecule has 0 aliphatic rings. The fourth-order valence-corrected chi connectivity index (χ4v) is 1.31. The molecular formula is C11H24N2O3. The van der Waals surface area contributed by atoms with Crippen molar-refractivity contribution in [3.63, 3.8) is 0 Å². The predicted octanol–water partition coefficient (Wildman–Crippen LogP) is 0.631. The van der Waals surface area contributed by atoms with E-state index in [0.717, 1.165) is 19.4 Å². The predicted molar refractivity (Wildman–Crippen MR) is 63.0 cm³/mol. The van der Waals surface area contributed by atoms with Crippen LogP contribution in [-0.4, -0.2) is 38.5 Å². The highest BCUT2D eigenvalue weighted by atomic mass is 16.7. The topological polar surface area (TPSA) is 73.6 Å². The molecule has 96 valence electrons. The molecule has 5 nitrogen and oxygen atoms in total. The third-order valence-electron chi connectivity index (χ3n) is 2.04. The molecule has 5 heteroatoms. The Hall–Kier alpha value is -0.650. The number of carbonyl (C=O) groups is 1. The summed E-state index contributed by atoms with van der Waals surface area (Å²) in [6.07, 6.45) is 2.05. The zero-order valence-electron chi connectivity index (χ0n) is 10.3. The minimum absolute atomic E-state index is 0.175. The van der Waals surface area contributed by atoms with Gasteiger partial charge < -0.3 is 20.5 Å². The number of hydrogen-bond donors (Lipinski definition) is 2. The standard InChI is InChI=1S/C11H24N2O3/c1-3-15-11(16-4-2)9-13-8-6-5-7-10(12)14/h11,13H,3-9H2,1-2H3,(H2,12,14). The molecule has 0 aliphatic carbocycles. The zero-order chi connectivity index (χ0) is 12.2. The van der Waals surface area contributed by atoms with Gasteiger partial charge in [-0.2, -0.15) is 0 Å². The van der Waals surface area contributed by atoms with Crippen LogP contribution in [0.5, 0.6) is 0 Å². The van der Waals surface area contributed by atoms with Crippen molar-refractivity contribution in [3.05, 3.63) is 0 Å². The van der Waals surface area contributed by atoms with Gasteiger partial charge in [-0.3, -0.25) is 4.79 Å². The third-order valence-corrected chi connectivity index (χ3v) is 2.04. The molecule has 0 aromatic heterocycles. The molecule has 0 saturated heterocycles. The van der Waals surface area contributed by atoms with Gasteiger partial charge in [0.15, 0.2) is 6.29 Å². The summed E-state index contributed by atoms with van der Waals surface area (Å²) in [7, 11) is 0. The Morgan fingerprint density at radius 3 is 2.38 bits per heavy atom. The number of primary amides is 1. The maximum absolute atomic E-state index is 10.5. The lowest BCUT2D eigenvalue weighted by Crippen LogP contribution is -2.32. The molecule has 0 radical (unpaired) electrons. The minimum atomic E-state index is -0.235. The van der Waals surface area contributed by atoms with E-state index in [2.05, 4.69) is 5.32 Å². The zero-order valence-corrected chi connectivity index (χ0v) is 10.3. The average molecular weight is 232 g/mol. The van der Waals surface area contributed by atoms with E-state index < -0.39 is 0 Å². The van der Waals surface area contributed by atoms with Crippen molar-refractivity contribution in [2.45, 2.75) is 39.4 Å². The molecule has 0 spiro atoms. The molecule has 3 N–H and O–H groups in total. The maximum Gasteiger partial charge on any atom is 0.217 e. The third kappa shape index (κ3) is 9.89. The molecule has 0 fully saturated rings. The van der Waals surface area contributed by atoms with Gasteiger partial charge in [-0.15, -0.1) is 0 Å². The summed E-state index contributed by atoms with van der Waals surface area (Å²) in [5.74, 6) is -0.235. The van der Waals surface area contributed by atoms with Gasteiger partial charge in [0, 0.05) is 26.2 Å². The Bertz CT molecular complexity index is 171. The number of amides is 1. The molecule has 0 rings (SSSR count). The van der Waals surface area contributed by atoms with Crippen LogP contribution in [-0.2, 0) is 14.3 Å². The van der Waals surface area contributed by atoms with Crippen LogP contribution in [0, 0.1) is 0 Å². The fraction of sp³-hybridized carbons (Fsp3) is 0.909. The highest BCUT2D eigenvalue weighted by molar-refractivity contribution is 5.73. The van der Waals surface area contributed by atoms with E-state index in [1.165, 1.54) is 0 Å². The van der Waals surface area contributed by atoms with Gasteiger partial charge in [0.1, 0.15) is 0 Å². The second-order valence-electron chi connectivity index (χ2n) is 3.47. The molecule has 0 aromatic rings. The first-order chi connectivity index (χ1) is 7.70. The van der Waals surface area contributed by atoms with Crippen molar-refractivity contribution >= 4 is 5.91 Å². The van der Waals surface area contributed by atoms with Crippen LogP contribution in [0.25, 0.3) is 0 Å². The van der Waals surface area contributed by atoms with Crippen molar-refractivity contribution in [3.8, 4) is 0 Å². The van der Waals surface area contributed by atoms with Crippen LogP contribution in [0.15, 0.2) is 0 Å². The van der Waals surface area contributed by atoms with Crippen LogP contribution < -0.4 is 11.1 Å². The molecule has 1 amide bonds. The highest BCUT2D eigenvalue weighted by Gasteiger charge is 2.06. The van der Waals surface area contributed by atoms with Crippen LogP contribution in [0.2, 0.25) is 0 Å². The first-order valence-electron chi connectivity index (χ1n) is 5.92. The quantitative estimate of drug-likeness (QED) is 0.405. The van der Waals surface area contributed by atoms with Gasteiger partial charge >= 0.3 is 0 Å². The summed E-state index contributed by atoms with van der Waals surface area (Å²) in [5.41, 5.74) is 5.04. The number of unbranched alkanes of at least 4 members (excludes halogenated alkanes) is 1. The number of nitrogens with two attached hydrogens (primary N) is 1. The Morgan fingerprint density at radius 1 is 1.25 bits per heavy atom. The van der Waals surface area contributed by atoms with Crippen molar-refractivity contribution in [2.75, 3.05) is 26.3 Å². The van der Waals surface area contributed by atoms with Crippen LogP contribution in [0.4, 0.5) is 0 Å². The lowest BCUT2D eigenvalue weighted by Gasteiger charge is -2.17. The second-order valence-corrected chi connectivity index (χ2v) is 3.47. The average Bonchev–Trinajstić information content (AvgIpc) is 2.23. The lowest BCUT2D eigenvalue weighted by atomic mass is 10.2. The van der Waals surface area contributed by atoms with Crippen LogP contribution in [0.1, 0.15) is 33.1 Å². The molecule has 0 bridgehead atoms. The van der Waals surface area contributed by atoms with Gasteiger partial charge in [0.25, 0.3) is 0 Å². The van der Waals surface area contributed by atoms with Gasteiger partial charge in [-0.25, -0.2) is 0 Å². The number of rotatable bonds is 11. The molecule has 0 heterocycles. The smallest absolute Gasteiger partial charge is 0.217 e. The van der Waals surface area contributed by atoms with Crippen molar-refractivity contribution < 1.29 is 14.3 Å². The van der Waals surface area contributed by atoms with E-state index >= 15 is 0 Å². The molecule has 0 aromatic carbocycles. The summed E-state index contributed by atoms with van der Waals surface area (Å²) >= 11 is 0. The molecule has 0 unspecified atom stereocenters. The monoisotopic (exact) mass is 232 g/mol. The Morgan fingerprint density at radius 2 is 1.88 bits per heavy atom. The SMILES string of the molecule is CCOC(CNCCCCC(N)=O)OCC. The number of nitrogens with one attached hydrogen (secondary N) is 1. The summed E-state index contributed by atoms with van der Waals surface area (Å²) in [6.45, 7) is 6.71. The summed E-state index contributed by atoms with van der Waals surface area (Å²) in [5, 5.41) is 3.23. The Kier molecular flexibility index (Phi) is 10.4. The van der Waals surface area contributed by atoms with E-state index in [9.17, 15) is 4.79 Å². The highest BCUT2D eigenvalue weighted by Crippen LogP contribution is 1.95. The molecular weight excluding hydrogens is 208 g/mol. The first kappa shape index (κ1) is 15.3. The second kappa shape index (κ2) is 10.9. The van der Waals surface area contributed by atoms with Crippen LogP contribution in [0.3, 0.4) is 0 Å². The number of carbonyl (C=O) groups excluding carboxylic acids is 1. The minimum Gasteiger partial charge on any atom is -0.370 e. The van der Waals surface area contributed by atoms with Gasteiger partial charge in [-0.05, 0) is 33.2 Å². The molecule has 0 aliphatic heterocycles. The van der Waals surface area contributed by atoms with E-state index in [1.54, 1.807) is 0 Å². The van der Waals surface area contributed by atoms with Crippen LogP contribution >= 0.6 is 0 Å². The Balaban J connectivity index is 3.35. The number of hydrogen-bond acceptors (Lipinski definition) is 4. The molecule has 0 atom stereocenters. The molecule has 16 heavy (non-hydrogen) atoms. The number of ether oxygens (including phenoxy) is 2. The van der Waals surface area contributed by atoms with Gasteiger partial charge in [0.2, 0.25) is 5.91 Å². The normalized spacial score (nSPS) is 10.9. The lowest BCUT2D eigenvalue weighted by molar-refractivity contribution is -0.132. The van der Waals surface area contributed by atoms with Crippen molar-refractivity contribution in [1.29, 1.82) is 0 Å². The fourth-order valence-electron chi connectivity index (χ4n) is 1.31.